The van der Waals surface area contributed by atoms with Gasteiger partial charge in [0.25, 0.3) is 0 Å². The Bertz CT molecular complexity index is 1310. The predicted octanol–water partition coefficient (Wildman–Crippen LogP) is 19.8. The fourth-order valence-electron chi connectivity index (χ4n) is 11.4. The molecule has 0 saturated heterocycles. The van der Waals surface area contributed by atoms with Crippen molar-refractivity contribution in [1.82, 2.24) is 9.80 Å². The van der Waals surface area contributed by atoms with Gasteiger partial charge < -0.3 is 39.7 Å². The van der Waals surface area contributed by atoms with Crippen molar-refractivity contribution >= 4 is 11.9 Å². The largest absolute Gasteiger partial charge is 0.466 e. The number of allylic oxidation sites excluding steroid dienone is 4. The first-order valence-corrected chi connectivity index (χ1v) is 36.4. The molecule has 0 bridgehead atoms. The Kier molecular flexibility index (Phi) is 67.3. The molecule has 0 amide bonds. The number of aliphatic hydroxyl groups excluding tert-OH is 2. The molecule has 0 aromatic carbocycles. The topological polar surface area (TPSA) is 140 Å². The van der Waals surface area contributed by atoms with Gasteiger partial charge in [-0.15, -0.1) is 0 Å². The molecule has 0 heterocycles. The van der Waals surface area contributed by atoms with Crippen molar-refractivity contribution in [2.45, 2.75) is 372 Å². The van der Waals surface area contributed by atoms with Crippen LogP contribution in [-0.4, -0.2) is 121 Å². The van der Waals surface area contributed by atoms with E-state index in [9.17, 15) is 19.8 Å². The highest BCUT2D eigenvalue weighted by molar-refractivity contribution is 5.69. The van der Waals surface area contributed by atoms with Gasteiger partial charge in [-0.3, -0.25) is 9.59 Å². The van der Waals surface area contributed by atoms with E-state index in [2.05, 4.69) is 76.1 Å². The van der Waals surface area contributed by atoms with Crippen LogP contribution in [0.15, 0.2) is 24.3 Å². The van der Waals surface area contributed by atoms with Gasteiger partial charge in [-0.05, 0) is 195 Å². The zero-order valence-corrected chi connectivity index (χ0v) is 57.1. The second kappa shape index (κ2) is 67.1. The predicted molar refractivity (Wildman–Crippen MR) is 362 cm³/mol. The first-order valence-electron chi connectivity index (χ1n) is 36.4. The Morgan fingerprint density at radius 3 is 0.845 bits per heavy atom. The zero-order valence-electron chi connectivity index (χ0n) is 57.1. The number of aliphatic hydroxyl groups is 4. The summed E-state index contributed by atoms with van der Waals surface area (Å²) in [7, 11) is 8.40. The molecule has 500 valence electrons. The number of esters is 2. The minimum absolute atomic E-state index is 0.0448. The smallest absolute Gasteiger partial charge is 0.305 e. The van der Waals surface area contributed by atoms with Crippen LogP contribution in [0.2, 0.25) is 0 Å². The standard InChI is InChI=1S/C55H105NO5.C19H41NO3/c1-5-7-9-11-13-15-17-19-21-23-25-27-29-31-37-45-53(57)60-51-43-35-33-39-47-55(59,49-41-42-50-56(3)4)48-40-34-36-44-52-61-54(58)46-38-32-30-28-26-24-22-20-18-16-14-12-10-8-6-2;1-20(2)16-10-9-15-19(23,13-7-3-5-11-17-21)14-8-4-6-12-18-22/h19-22,59H,5-18,23-52H2,1-4H3;21-23H,3-18H2,1-2H3/b21-19-,22-20-;. The summed E-state index contributed by atoms with van der Waals surface area (Å²) in [6.07, 6.45) is 69.2. The van der Waals surface area contributed by atoms with Crippen LogP contribution in [0.4, 0.5) is 0 Å². The number of hydrogen-bond acceptors (Lipinski definition) is 10. The molecule has 0 atom stereocenters. The van der Waals surface area contributed by atoms with Gasteiger partial charge in [-0.1, -0.05) is 218 Å². The summed E-state index contributed by atoms with van der Waals surface area (Å²) in [4.78, 5) is 28.8. The Hall–Kier alpha value is -1.82. The molecule has 4 N–H and O–H groups in total. The van der Waals surface area contributed by atoms with E-state index in [4.69, 9.17) is 19.7 Å². The van der Waals surface area contributed by atoms with Crippen LogP contribution < -0.4 is 0 Å². The molecular formula is C74H146N2O8. The summed E-state index contributed by atoms with van der Waals surface area (Å²) >= 11 is 0. The van der Waals surface area contributed by atoms with E-state index in [0.29, 0.717) is 26.1 Å². The summed E-state index contributed by atoms with van der Waals surface area (Å²) in [6.45, 7) is 8.28. The maximum Gasteiger partial charge on any atom is 0.305 e. The van der Waals surface area contributed by atoms with E-state index in [1.807, 2.05) is 0 Å². The lowest BCUT2D eigenvalue weighted by Gasteiger charge is -2.29. The monoisotopic (exact) mass is 1190 g/mol. The molecule has 0 fully saturated rings. The van der Waals surface area contributed by atoms with E-state index in [1.165, 1.54) is 141 Å². The zero-order chi connectivity index (χ0) is 62.0. The lowest BCUT2D eigenvalue weighted by atomic mass is 9.85. The Morgan fingerprint density at radius 2 is 0.560 bits per heavy atom. The molecule has 0 aliphatic rings. The van der Waals surface area contributed by atoms with Gasteiger partial charge in [0.2, 0.25) is 0 Å². The highest BCUT2D eigenvalue weighted by Gasteiger charge is 2.26. The Labute approximate surface area is 522 Å². The minimum Gasteiger partial charge on any atom is -0.466 e. The molecule has 0 spiro atoms. The highest BCUT2D eigenvalue weighted by Crippen LogP contribution is 2.30. The number of unbranched alkanes of at least 4 members (excludes halogenated alkanes) is 36. The molecule has 0 rings (SSSR count). The lowest BCUT2D eigenvalue weighted by Crippen LogP contribution is -2.29. The third kappa shape index (κ3) is 67.7. The van der Waals surface area contributed by atoms with Crippen LogP contribution in [-0.2, 0) is 19.1 Å². The van der Waals surface area contributed by atoms with Crippen molar-refractivity contribution in [3.05, 3.63) is 24.3 Å². The molecule has 0 radical (unpaired) electrons. The number of rotatable bonds is 66. The molecule has 0 unspecified atom stereocenters. The minimum atomic E-state index is -0.598. The fourth-order valence-corrected chi connectivity index (χ4v) is 11.4. The van der Waals surface area contributed by atoms with Gasteiger partial charge in [-0.25, -0.2) is 0 Å². The third-order valence-corrected chi connectivity index (χ3v) is 17.0. The molecule has 0 aliphatic carbocycles. The van der Waals surface area contributed by atoms with Crippen LogP contribution in [0, 0.1) is 0 Å². The first kappa shape index (κ1) is 84.2. The van der Waals surface area contributed by atoms with Crippen molar-refractivity contribution in [2.24, 2.45) is 0 Å². The highest BCUT2D eigenvalue weighted by atomic mass is 16.5. The lowest BCUT2D eigenvalue weighted by molar-refractivity contribution is -0.144. The van der Waals surface area contributed by atoms with Gasteiger partial charge in [0, 0.05) is 26.1 Å². The quantitative estimate of drug-likeness (QED) is 0.0264. The van der Waals surface area contributed by atoms with Gasteiger partial charge in [-0.2, -0.15) is 0 Å². The van der Waals surface area contributed by atoms with E-state index < -0.39 is 11.2 Å². The average Bonchev–Trinajstić information content (AvgIpc) is 3.53. The van der Waals surface area contributed by atoms with Crippen molar-refractivity contribution in [3.63, 3.8) is 0 Å². The molecule has 0 aromatic rings. The second-order valence-electron chi connectivity index (χ2n) is 26.2. The number of ether oxygens (including phenoxy) is 2. The van der Waals surface area contributed by atoms with E-state index in [0.717, 1.165) is 206 Å². The van der Waals surface area contributed by atoms with Crippen LogP contribution in [0.25, 0.3) is 0 Å². The normalized spacial score (nSPS) is 12.1. The number of carbonyl (C=O) groups is 2. The van der Waals surface area contributed by atoms with Crippen LogP contribution >= 0.6 is 0 Å². The molecular weight excluding hydrogens is 1040 g/mol. The Balaban J connectivity index is 0. The summed E-state index contributed by atoms with van der Waals surface area (Å²) in [6, 6.07) is 0. The second-order valence-corrected chi connectivity index (χ2v) is 26.2. The maximum absolute atomic E-state index is 12.2. The number of carbonyl (C=O) groups excluding carboxylic acids is 2. The van der Waals surface area contributed by atoms with Gasteiger partial charge in [0.15, 0.2) is 0 Å². The van der Waals surface area contributed by atoms with Crippen LogP contribution in [0.3, 0.4) is 0 Å². The van der Waals surface area contributed by atoms with Gasteiger partial charge >= 0.3 is 11.9 Å². The van der Waals surface area contributed by atoms with Crippen LogP contribution in [0.1, 0.15) is 361 Å². The number of nitrogens with zero attached hydrogens (tertiary/aromatic N) is 2. The molecule has 84 heavy (non-hydrogen) atoms. The van der Waals surface area contributed by atoms with Crippen molar-refractivity contribution < 1.29 is 39.5 Å². The van der Waals surface area contributed by atoms with E-state index in [1.54, 1.807) is 0 Å². The Morgan fingerprint density at radius 1 is 0.321 bits per heavy atom. The summed E-state index contributed by atoms with van der Waals surface area (Å²) < 4.78 is 11.0. The van der Waals surface area contributed by atoms with Crippen molar-refractivity contribution in [2.75, 3.05) is 67.7 Å². The summed E-state index contributed by atoms with van der Waals surface area (Å²) in [5, 5.41) is 40.3. The number of hydrogen-bond donors (Lipinski definition) is 4. The molecule has 0 aromatic heterocycles. The molecule has 0 aliphatic heterocycles. The van der Waals surface area contributed by atoms with Crippen molar-refractivity contribution in [3.8, 4) is 0 Å². The fraction of sp³-hybridized carbons (Fsp3) is 0.919. The molecule has 0 saturated carbocycles. The van der Waals surface area contributed by atoms with Crippen molar-refractivity contribution in [1.29, 1.82) is 0 Å². The summed E-state index contributed by atoms with van der Waals surface area (Å²) in [5.41, 5.74) is -1.11. The maximum atomic E-state index is 12.2. The van der Waals surface area contributed by atoms with E-state index >= 15 is 0 Å². The first-order chi connectivity index (χ1) is 40.9. The molecule has 10 heteroatoms. The van der Waals surface area contributed by atoms with Gasteiger partial charge in [0.05, 0.1) is 24.4 Å². The van der Waals surface area contributed by atoms with E-state index in [-0.39, 0.29) is 25.2 Å². The average molecular weight is 1190 g/mol. The molecule has 10 nitrogen and oxygen atoms in total. The van der Waals surface area contributed by atoms with Gasteiger partial charge in [0.1, 0.15) is 0 Å². The summed E-state index contributed by atoms with van der Waals surface area (Å²) in [5.74, 6) is -0.0896. The van der Waals surface area contributed by atoms with Crippen LogP contribution in [0.5, 0.6) is 0 Å². The third-order valence-electron chi connectivity index (χ3n) is 17.0. The SMILES string of the molecule is CCCCCCCC/C=C\CCCCCCCC(=O)OCCCCCCC(O)(CCCCCCOC(=O)CCCCCCC/C=C\CCCCCCCC)CCCCN(C)C.CN(C)CCCCC(O)(CCCCCCO)CCCCCCO.